The van der Waals surface area contributed by atoms with Gasteiger partial charge in [0.15, 0.2) is 0 Å². The van der Waals surface area contributed by atoms with E-state index in [0.717, 1.165) is 12.5 Å². The fourth-order valence-corrected chi connectivity index (χ4v) is 6.83. The number of rotatable bonds is 17. The van der Waals surface area contributed by atoms with Gasteiger partial charge in [0.2, 0.25) is 0 Å². The van der Waals surface area contributed by atoms with E-state index in [2.05, 4.69) is 0 Å². The maximum Gasteiger partial charge on any atom is 0.679 e. The van der Waals surface area contributed by atoms with E-state index < -0.39 is 17.9 Å². The summed E-state index contributed by atoms with van der Waals surface area (Å²) >= 11 is 0. The van der Waals surface area contributed by atoms with Crippen molar-refractivity contribution in [3.8, 4) is 0 Å². The van der Waals surface area contributed by atoms with Crippen molar-refractivity contribution in [1.82, 2.24) is 0 Å². The van der Waals surface area contributed by atoms with Gasteiger partial charge in [-0.1, -0.05) is 0 Å². The fourth-order valence-electron chi connectivity index (χ4n) is 2.28. The molecule has 0 rings (SSSR count). The molecule has 0 aliphatic rings. The normalized spacial score (nSPS) is 12.0. The Kier molecular flexibility index (Phi) is 21.1. The summed E-state index contributed by atoms with van der Waals surface area (Å²) in [6.07, 6.45) is 0.895. The van der Waals surface area contributed by atoms with Gasteiger partial charge in [0.25, 0.3) is 0 Å². The third-order valence-corrected chi connectivity index (χ3v) is 8.78. The van der Waals surface area contributed by atoms with Crippen LogP contribution in [0, 0.1) is 0 Å². The maximum atomic E-state index is 5.65. The van der Waals surface area contributed by atoms with Crippen molar-refractivity contribution in [3.05, 3.63) is 0 Å². The summed E-state index contributed by atoms with van der Waals surface area (Å²) in [7, 11) is -5.19. The number of hydrogen-bond donors (Lipinski definition) is 1. The van der Waals surface area contributed by atoms with Crippen molar-refractivity contribution in [3.63, 3.8) is 0 Å². The number of hydrogen-bond acceptors (Lipinski definition) is 8. The van der Waals surface area contributed by atoms with Crippen LogP contribution in [-0.4, -0.2) is 70.6 Å². The lowest BCUT2D eigenvalue weighted by Crippen LogP contribution is -2.49. The Balaban J connectivity index is 0. The van der Waals surface area contributed by atoms with E-state index >= 15 is 0 Å². The highest BCUT2D eigenvalue weighted by molar-refractivity contribution is 6.60. The van der Waals surface area contributed by atoms with Crippen molar-refractivity contribution in [2.24, 2.45) is 5.73 Å². The number of nitrogens with two attached hydrogens (primary N) is 1. The molecule has 0 aromatic carbocycles. The molecule has 166 valence electrons. The Bertz CT molecular complexity index is 268. The molecule has 0 fully saturated rings. The molecule has 0 radical (unpaired) electrons. The van der Waals surface area contributed by atoms with Crippen LogP contribution >= 0.6 is 0 Å². The van der Waals surface area contributed by atoms with Crippen molar-refractivity contribution in [2.45, 2.75) is 60.9 Å². The summed E-state index contributed by atoms with van der Waals surface area (Å²) in [5, 5.41) is 0. The smallest absolute Gasteiger partial charge is 0.374 e. The molecular weight excluding hydrogens is 386 g/mol. The standard InChI is InChI=1S/C9H23NO3Si.C8H20O4Si/c1-4-11-14(12-5-2,13-6-3)9-7-8-10;1-5-9-13(10-6-2,11-7-3)12-8-4/h4-10H2,1-3H3;5-8H2,1-4H3. The molecule has 0 saturated carbocycles. The predicted molar refractivity (Wildman–Crippen MR) is 111 cm³/mol. The van der Waals surface area contributed by atoms with Crippen LogP contribution in [0.15, 0.2) is 0 Å². The highest BCUT2D eigenvalue weighted by atomic mass is 28.4. The van der Waals surface area contributed by atoms with Crippen LogP contribution in [0.25, 0.3) is 0 Å². The zero-order chi connectivity index (χ0) is 21.0. The summed E-state index contributed by atoms with van der Waals surface area (Å²) in [6, 6.07) is 0.818. The van der Waals surface area contributed by atoms with Crippen LogP contribution in [0.5, 0.6) is 0 Å². The van der Waals surface area contributed by atoms with E-state index in [9.17, 15) is 0 Å². The van der Waals surface area contributed by atoms with Crippen molar-refractivity contribution in [1.29, 1.82) is 0 Å². The molecule has 0 atom stereocenters. The minimum absolute atomic E-state index is 0.548. The van der Waals surface area contributed by atoms with Crippen LogP contribution in [0.4, 0.5) is 0 Å². The summed E-state index contributed by atoms with van der Waals surface area (Å²) in [6.45, 7) is 18.2. The highest BCUT2D eigenvalue weighted by Crippen LogP contribution is 2.17. The zero-order valence-corrected chi connectivity index (χ0v) is 20.5. The first-order valence-electron chi connectivity index (χ1n) is 10.2. The van der Waals surface area contributed by atoms with E-state index in [1.807, 2.05) is 48.5 Å². The van der Waals surface area contributed by atoms with Crippen LogP contribution in [0.3, 0.4) is 0 Å². The minimum atomic E-state index is -2.80. The van der Waals surface area contributed by atoms with Gasteiger partial charge >= 0.3 is 17.9 Å². The molecule has 0 aliphatic heterocycles. The lowest BCUT2D eigenvalue weighted by Gasteiger charge is -2.28. The highest BCUT2D eigenvalue weighted by Gasteiger charge is 2.44. The van der Waals surface area contributed by atoms with Gasteiger partial charge < -0.3 is 36.7 Å². The molecule has 0 unspecified atom stereocenters. The third-order valence-electron chi connectivity index (χ3n) is 3.06. The van der Waals surface area contributed by atoms with Crippen LogP contribution in [0.1, 0.15) is 54.9 Å². The topological polar surface area (TPSA) is 90.6 Å². The molecule has 0 spiro atoms. The van der Waals surface area contributed by atoms with Gasteiger partial charge in [0.05, 0.1) is 0 Å². The van der Waals surface area contributed by atoms with Crippen molar-refractivity contribution < 1.29 is 31.0 Å². The summed E-state index contributed by atoms with van der Waals surface area (Å²) in [5.74, 6) is 0. The van der Waals surface area contributed by atoms with E-state index in [-0.39, 0.29) is 0 Å². The molecule has 0 bridgehead atoms. The molecule has 0 heterocycles. The van der Waals surface area contributed by atoms with Gasteiger partial charge in [0.1, 0.15) is 0 Å². The second-order valence-corrected chi connectivity index (χ2v) is 9.99. The lowest BCUT2D eigenvalue weighted by atomic mass is 10.5. The van der Waals surface area contributed by atoms with Crippen molar-refractivity contribution in [2.75, 3.05) is 52.8 Å². The Morgan fingerprint density at radius 3 is 1.04 bits per heavy atom. The third kappa shape index (κ3) is 13.8. The first kappa shape index (κ1) is 29.3. The van der Waals surface area contributed by atoms with Gasteiger partial charge in [-0.25, -0.2) is 0 Å². The molecule has 0 aromatic rings. The monoisotopic (exact) mass is 429 g/mol. The van der Waals surface area contributed by atoms with E-state index in [1.165, 1.54) is 0 Å². The Hall–Kier alpha value is 0.114. The molecule has 0 aliphatic carbocycles. The molecule has 0 amide bonds. The summed E-state index contributed by atoms with van der Waals surface area (Å²) < 4.78 is 38.6. The van der Waals surface area contributed by atoms with Crippen molar-refractivity contribution >= 4 is 17.9 Å². The van der Waals surface area contributed by atoms with Gasteiger partial charge in [-0.2, -0.15) is 0 Å². The first-order chi connectivity index (χ1) is 13.0. The average molecular weight is 430 g/mol. The van der Waals surface area contributed by atoms with Gasteiger partial charge in [0, 0.05) is 52.3 Å². The molecule has 0 saturated heterocycles. The Labute approximate surface area is 168 Å². The Morgan fingerprint density at radius 1 is 0.519 bits per heavy atom. The molecule has 2 N–H and O–H groups in total. The SMILES string of the molecule is CCO[Si](CCCN)(OCC)OCC.CCO[Si](OCC)(OCC)OCC. The van der Waals surface area contributed by atoms with Gasteiger partial charge in [-0.15, -0.1) is 0 Å². The molecular formula is C17H43NO7Si2. The summed E-state index contributed by atoms with van der Waals surface area (Å²) in [5.41, 5.74) is 5.48. The largest absolute Gasteiger partial charge is 0.679 e. The van der Waals surface area contributed by atoms with E-state index in [1.54, 1.807) is 0 Å². The lowest BCUT2D eigenvalue weighted by molar-refractivity contribution is -0.0247. The van der Waals surface area contributed by atoms with E-state index in [4.69, 9.17) is 36.7 Å². The zero-order valence-electron chi connectivity index (χ0n) is 18.5. The van der Waals surface area contributed by atoms with Crippen LogP contribution < -0.4 is 5.73 Å². The quantitative estimate of drug-likeness (QED) is 0.353. The minimum Gasteiger partial charge on any atom is -0.374 e. The second-order valence-electron chi connectivity index (χ2n) is 5.11. The molecule has 10 heteroatoms. The molecule has 27 heavy (non-hydrogen) atoms. The summed E-state index contributed by atoms with van der Waals surface area (Å²) in [4.78, 5) is 0. The molecule has 0 aromatic heterocycles. The average Bonchev–Trinajstić information content (AvgIpc) is 2.62. The predicted octanol–water partition coefficient (Wildman–Crippen LogP) is 2.95. The van der Waals surface area contributed by atoms with Gasteiger partial charge in [-0.05, 0) is 61.4 Å². The van der Waals surface area contributed by atoms with E-state index in [0.29, 0.717) is 52.8 Å². The maximum absolute atomic E-state index is 5.65. The molecule has 8 nitrogen and oxygen atoms in total. The fraction of sp³-hybridized carbons (Fsp3) is 1.00. The van der Waals surface area contributed by atoms with Gasteiger partial charge in [-0.3, -0.25) is 0 Å². The Morgan fingerprint density at radius 2 is 0.815 bits per heavy atom. The van der Waals surface area contributed by atoms with Crippen LogP contribution in [0.2, 0.25) is 6.04 Å². The first-order valence-corrected chi connectivity index (χ1v) is 13.7. The van der Waals surface area contributed by atoms with Crippen LogP contribution in [-0.2, 0) is 31.0 Å². The second kappa shape index (κ2) is 19.4.